The van der Waals surface area contributed by atoms with Crippen LogP contribution in [0.5, 0.6) is 0 Å². The second-order valence-electron chi connectivity index (χ2n) is 6.52. The van der Waals surface area contributed by atoms with E-state index < -0.39 is 0 Å². The lowest BCUT2D eigenvalue weighted by molar-refractivity contribution is 0.650. The van der Waals surface area contributed by atoms with Gasteiger partial charge in [0.25, 0.3) is 0 Å². The Morgan fingerprint density at radius 2 is 1.91 bits per heavy atom. The summed E-state index contributed by atoms with van der Waals surface area (Å²) in [5.41, 5.74) is 3.91. The number of pyridine rings is 1. The number of aromatic nitrogens is 1. The number of hydrogen-bond acceptors (Lipinski definition) is 3. The summed E-state index contributed by atoms with van der Waals surface area (Å²) < 4.78 is 2.75. The minimum absolute atomic E-state index is 0.670. The summed E-state index contributed by atoms with van der Waals surface area (Å²) >= 11 is 3.69. The Labute approximate surface area is 144 Å². The van der Waals surface area contributed by atoms with Crippen molar-refractivity contribution >= 4 is 42.8 Å². The van der Waals surface area contributed by atoms with Gasteiger partial charge in [0, 0.05) is 21.7 Å². The smallest absolute Gasteiger partial charge is 0.0980 e. The van der Waals surface area contributed by atoms with E-state index in [4.69, 9.17) is 4.98 Å². The van der Waals surface area contributed by atoms with E-state index in [1.54, 1.807) is 11.3 Å². The molecule has 0 aliphatic heterocycles. The molecule has 1 nitrogen and oxygen atoms in total. The van der Waals surface area contributed by atoms with Crippen molar-refractivity contribution in [2.75, 3.05) is 0 Å². The summed E-state index contributed by atoms with van der Waals surface area (Å²) in [7, 11) is 0. The summed E-state index contributed by atoms with van der Waals surface area (Å²) in [6.07, 6.45) is 3.08. The summed E-state index contributed by atoms with van der Waals surface area (Å²) in [6.45, 7) is 6.72. The minimum atomic E-state index is 0.670. The predicted molar refractivity (Wildman–Crippen MR) is 104 cm³/mol. The maximum absolute atomic E-state index is 4.70. The van der Waals surface area contributed by atoms with E-state index in [-0.39, 0.29) is 0 Å². The van der Waals surface area contributed by atoms with Crippen LogP contribution >= 0.6 is 22.7 Å². The lowest BCUT2D eigenvalue weighted by Gasteiger charge is -2.05. The van der Waals surface area contributed by atoms with Crippen LogP contribution in [-0.4, -0.2) is 4.98 Å². The molecule has 0 aliphatic rings. The van der Waals surface area contributed by atoms with Crippen LogP contribution < -0.4 is 0 Å². The van der Waals surface area contributed by atoms with Gasteiger partial charge in [0.15, 0.2) is 0 Å². The van der Waals surface area contributed by atoms with E-state index in [1.165, 1.54) is 36.2 Å². The second-order valence-corrected chi connectivity index (χ2v) is 8.45. The van der Waals surface area contributed by atoms with E-state index in [9.17, 15) is 0 Å². The first-order valence-corrected chi connectivity index (χ1v) is 9.67. The van der Waals surface area contributed by atoms with Crippen molar-refractivity contribution in [1.29, 1.82) is 0 Å². The third-order valence-corrected chi connectivity index (χ3v) is 6.45. The van der Waals surface area contributed by atoms with E-state index >= 15 is 0 Å². The molecule has 0 fully saturated rings. The second kappa shape index (κ2) is 5.73. The van der Waals surface area contributed by atoms with E-state index in [0.29, 0.717) is 5.92 Å². The van der Waals surface area contributed by atoms with Gasteiger partial charge in [-0.25, -0.2) is 0 Å². The number of fused-ring (bicyclic) bond motifs is 3. The van der Waals surface area contributed by atoms with Crippen LogP contribution in [0.2, 0.25) is 0 Å². The zero-order chi connectivity index (χ0) is 16.0. The number of thiophene rings is 2. The highest BCUT2D eigenvalue weighted by molar-refractivity contribution is 7.26. The number of hydrogen-bond donors (Lipinski definition) is 0. The number of aryl methyl sites for hydroxylation is 1. The molecular weight excluding hydrogens is 318 g/mol. The lowest BCUT2D eigenvalue weighted by Crippen LogP contribution is -1.93. The molecule has 3 heterocycles. The zero-order valence-corrected chi connectivity index (χ0v) is 15.2. The fraction of sp³-hybridized carbons (Fsp3) is 0.250. The first-order valence-electron chi connectivity index (χ1n) is 7.98. The van der Waals surface area contributed by atoms with Crippen LogP contribution in [0.4, 0.5) is 0 Å². The molecule has 0 N–H and O–H groups in total. The molecular formula is C20H19NS2. The van der Waals surface area contributed by atoms with Crippen LogP contribution in [0.15, 0.2) is 41.9 Å². The van der Waals surface area contributed by atoms with Gasteiger partial charge in [-0.15, -0.1) is 22.7 Å². The van der Waals surface area contributed by atoms with E-state index in [1.807, 2.05) is 17.5 Å². The first-order chi connectivity index (χ1) is 11.1. The van der Waals surface area contributed by atoms with Gasteiger partial charge >= 0.3 is 0 Å². The monoisotopic (exact) mass is 337 g/mol. The third-order valence-electron chi connectivity index (χ3n) is 4.09. The van der Waals surface area contributed by atoms with Gasteiger partial charge in [0.1, 0.15) is 0 Å². The van der Waals surface area contributed by atoms with Gasteiger partial charge < -0.3 is 0 Å². The van der Waals surface area contributed by atoms with Crippen molar-refractivity contribution in [3.8, 4) is 10.6 Å². The molecule has 3 aromatic heterocycles. The summed E-state index contributed by atoms with van der Waals surface area (Å²) in [5.74, 6) is 0.670. The lowest BCUT2D eigenvalue weighted by atomic mass is 10.0. The molecule has 1 aromatic carbocycles. The van der Waals surface area contributed by atoms with Crippen LogP contribution in [-0.2, 0) is 6.42 Å². The van der Waals surface area contributed by atoms with E-state index in [2.05, 4.69) is 56.5 Å². The molecule has 0 aliphatic carbocycles. The standard InChI is InChI=1S/C20H19NS2/c1-12(2)9-14-5-4-6-15-16-7-8-21-18(20(16)23-19(14)15)17-10-13(3)11-22-17/h4-8,10-12H,9H2,1-3H3. The summed E-state index contributed by atoms with van der Waals surface area (Å²) in [6, 6.07) is 11.1. The van der Waals surface area contributed by atoms with E-state index in [0.717, 1.165) is 12.1 Å². The molecule has 0 unspecified atom stereocenters. The number of benzene rings is 1. The van der Waals surface area contributed by atoms with Gasteiger partial charge in [-0.05, 0) is 47.9 Å². The highest BCUT2D eigenvalue weighted by atomic mass is 32.1. The van der Waals surface area contributed by atoms with Crippen LogP contribution in [0.25, 0.3) is 30.7 Å². The van der Waals surface area contributed by atoms with Gasteiger partial charge in [0.2, 0.25) is 0 Å². The van der Waals surface area contributed by atoms with Gasteiger partial charge in [0.05, 0.1) is 15.3 Å². The average Bonchev–Trinajstić information content (AvgIpc) is 3.11. The van der Waals surface area contributed by atoms with Crippen LogP contribution in [0.3, 0.4) is 0 Å². The molecule has 4 rings (SSSR count). The van der Waals surface area contributed by atoms with Crippen molar-refractivity contribution in [2.24, 2.45) is 5.92 Å². The molecule has 0 radical (unpaired) electrons. The van der Waals surface area contributed by atoms with Crippen molar-refractivity contribution in [1.82, 2.24) is 4.98 Å². The van der Waals surface area contributed by atoms with Crippen LogP contribution in [0.1, 0.15) is 25.0 Å². The first kappa shape index (κ1) is 14.9. The molecule has 3 heteroatoms. The minimum Gasteiger partial charge on any atom is -0.254 e. The molecule has 0 atom stereocenters. The fourth-order valence-corrected chi connectivity index (χ4v) is 5.40. The average molecular weight is 338 g/mol. The van der Waals surface area contributed by atoms with Crippen molar-refractivity contribution in [3.63, 3.8) is 0 Å². The molecule has 116 valence electrons. The molecule has 0 amide bonds. The molecule has 0 bridgehead atoms. The molecule has 23 heavy (non-hydrogen) atoms. The van der Waals surface area contributed by atoms with Crippen LogP contribution in [0, 0.1) is 12.8 Å². The Morgan fingerprint density at radius 1 is 1.09 bits per heavy atom. The Morgan fingerprint density at radius 3 is 2.65 bits per heavy atom. The molecule has 4 aromatic rings. The summed E-state index contributed by atoms with van der Waals surface area (Å²) in [5, 5.41) is 4.92. The Hall–Kier alpha value is -1.71. The van der Waals surface area contributed by atoms with Crippen molar-refractivity contribution in [3.05, 3.63) is 53.0 Å². The highest BCUT2D eigenvalue weighted by Crippen LogP contribution is 2.41. The third kappa shape index (κ3) is 2.58. The predicted octanol–water partition coefficient (Wildman–Crippen LogP) is 6.68. The van der Waals surface area contributed by atoms with Gasteiger partial charge in [-0.3, -0.25) is 4.98 Å². The van der Waals surface area contributed by atoms with Gasteiger partial charge in [-0.2, -0.15) is 0 Å². The summed E-state index contributed by atoms with van der Waals surface area (Å²) in [4.78, 5) is 5.97. The Bertz CT molecular complexity index is 991. The Balaban J connectivity index is 2.01. The fourth-order valence-electron chi connectivity index (χ4n) is 3.11. The molecule has 0 spiro atoms. The Kier molecular flexibility index (Phi) is 3.70. The number of nitrogens with zero attached hydrogens (tertiary/aromatic N) is 1. The normalized spacial score (nSPS) is 11.8. The van der Waals surface area contributed by atoms with Crippen molar-refractivity contribution in [2.45, 2.75) is 27.2 Å². The largest absolute Gasteiger partial charge is 0.254 e. The maximum atomic E-state index is 4.70. The number of rotatable bonds is 3. The quantitative estimate of drug-likeness (QED) is 0.406. The highest BCUT2D eigenvalue weighted by Gasteiger charge is 2.14. The van der Waals surface area contributed by atoms with Crippen molar-refractivity contribution < 1.29 is 0 Å². The SMILES string of the molecule is Cc1csc(-c2nccc3c2sc2c(CC(C)C)cccc23)c1. The molecule has 0 saturated carbocycles. The zero-order valence-electron chi connectivity index (χ0n) is 13.6. The molecule has 0 saturated heterocycles. The maximum Gasteiger partial charge on any atom is 0.0980 e. The topological polar surface area (TPSA) is 12.9 Å². The van der Waals surface area contributed by atoms with Gasteiger partial charge in [-0.1, -0.05) is 32.0 Å².